The van der Waals surface area contributed by atoms with Crippen LogP contribution >= 0.6 is 0 Å². The Kier molecular flexibility index (Phi) is 2.92. The summed E-state index contributed by atoms with van der Waals surface area (Å²) >= 11 is 0. The monoisotopic (exact) mass is 386 g/mol. The third kappa shape index (κ3) is 1.78. The molecule has 3 aromatic carbocycles. The van der Waals surface area contributed by atoms with E-state index in [0.29, 0.717) is 5.92 Å². The molecule has 0 amide bonds. The van der Waals surface area contributed by atoms with Gasteiger partial charge >= 0.3 is 0 Å². The zero-order valence-electron chi connectivity index (χ0n) is 17.7. The summed E-state index contributed by atoms with van der Waals surface area (Å²) in [5.74, 6) is 0.306. The Hall–Kier alpha value is -3.19. The summed E-state index contributed by atoms with van der Waals surface area (Å²) < 4.78 is 2.52. The lowest BCUT2D eigenvalue weighted by Gasteiger charge is -2.33. The van der Waals surface area contributed by atoms with E-state index in [0.717, 1.165) is 6.42 Å². The van der Waals surface area contributed by atoms with Gasteiger partial charge in [-0.2, -0.15) is 4.57 Å². The van der Waals surface area contributed by atoms with Crippen LogP contribution in [0.5, 0.6) is 0 Å². The average molecular weight is 387 g/mol. The van der Waals surface area contributed by atoms with Gasteiger partial charge in [0, 0.05) is 31.5 Å². The topological polar surface area (TPSA) is 3.88 Å². The van der Waals surface area contributed by atoms with Gasteiger partial charge in [0.2, 0.25) is 0 Å². The van der Waals surface area contributed by atoms with Crippen molar-refractivity contribution in [1.82, 2.24) is 0 Å². The van der Waals surface area contributed by atoms with Crippen LogP contribution in [-0.4, -0.2) is 0 Å². The number of hydrogen-bond donors (Lipinski definition) is 0. The van der Waals surface area contributed by atoms with Crippen molar-refractivity contribution in [2.45, 2.75) is 38.6 Å². The number of nitrogens with zero attached hydrogens (tertiary/aromatic N) is 1. The smallest absolute Gasteiger partial charge is 0.192 e. The molecule has 1 aliphatic heterocycles. The number of pyridine rings is 1. The molecule has 0 saturated heterocycles. The molecule has 144 valence electrons. The molecular weight excluding hydrogens is 362 g/mol. The van der Waals surface area contributed by atoms with Gasteiger partial charge in [-0.15, -0.1) is 0 Å². The maximum atomic E-state index is 2.52. The molecule has 0 fully saturated rings. The highest BCUT2D eigenvalue weighted by Gasteiger charge is 2.51. The van der Waals surface area contributed by atoms with Crippen LogP contribution in [0.3, 0.4) is 0 Å². The van der Waals surface area contributed by atoms with Crippen molar-refractivity contribution in [1.29, 1.82) is 0 Å². The van der Waals surface area contributed by atoms with Gasteiger partial charge in [0.1, 0.15) is 0 Å². The number of benzene rings is 3. The molecule has 1 nitrogen and oxygen atoms in total. The van der Waals surface area contributed by atoms with Gasteiger partial charge in [0.15, 0.2) is 17.4 Å². The molecule has 1 aromatic heterocycles. The lowest BCUT2D eigenvalue weighted by Crippen LogP contribution is -2.59. The van der Waals surface area contributed by atoms with Gasteiger partial charge in [0.25, 0.3) is 0 Å². The first-order chi connectivity index (χ1) is 14.6. The molecule has 0 radical (unpaired) electrons. The predicted octanol–water partition coefficient (Wildman–Crippen LogP) is 6.11. The number of fused-ring (bicyclic) bond motifs is 9. The molecule has 3 aliphatic rings. The first kappa shape index (κ1) is 16.6. The number of aromatic nitrogens is 1. The molecule has 7 rings (SSSR count). The molecule has 2 aliphatic carbocycles. The van der Waals surface area contributed by atoms with Crippen molar-refractivity contribution in [3.63, 3.8) is 0 Å². The molecule has 1 heteroatoms. The summed E-state index contributed by atoms with van der Waals surface area (Å²) in [6.07, 6.45) is 3.33. The van der Waals surface area contributed by atoms with Gasteiger partial charge < -0.3 is 0 Å². The quantitative estimate of drug-likeness (QED) is 0.277. The summed E-state index contributed by atoms with van der Waals surface area (Å²) in [5.41, 5.74) is 16.0. The maximum absolute atomic E-state index is 2.52. The number of rotatable bonds is 0. The van der Waals surface area contributed by atoms with Crippen LogP contribution in [0.1, 0.15) is 58.8 Å². The first-order valence-electron chi connectivity index (χ1n) is 11.0. The second-order valence-electron chi connectivity index (χ2n) is 9.60. The minimum absolute atomic E-state index is 0.0638. The van der Waals surface area contributed by atoms with E-state index in [1.54, 1.807) is 5.56 Å². The van der Waals surface area contributed by atoms with Crippen LogP contribution in [0, 0.1) is 6.92 Å². The Balaban J connectivity index is 1.66. The zero-order valence-corrected chi connectivity index (χ0v) is 17.7. The molecular formula is C29H24N+. The molecule has 4 aromatic rings. The van der Waals surface area contributed by atoms with E-state index in [9.17, 15) is 0 Å². The van der Waals surface area contributed by atoms with Gasteiger partial charge in [-0.3, -0.25) is 0 Å². The van der Waals surface area contributed by atoms with Crippen LogP contribution in [0.15, 0.2) is 72.9 Å². The predicted molar refractivity (Wildman–Crippen MR) is 121 cm³/mol. The SMILES string of the molecule is Cc1ccc2c3c1C(C)(C)[n+]1ccccc1C3c1c-2ccc2c1-c1ccccc1C2. The fourth-order valence-corrected chi connectivity index (χ4v) is 6.62. The van der Waals surface area contributed by atoms with E-state index in [2.05, 4.69) is 98.3 Å². The molecule has 0 bridgehead atoms. The van der Waals surface area contributed by atoms with Crippen LogP contribution in [0.2, 0.25) is 0 Å². The highest BCUT2D eigenvalue weighted by molar-refractivity contribution is 5.93. The lowest BCUT2D eigenvalue weighted by molar-refractivity contribution is -0.756. The first-order valence-corrected chi connectivity index (χ1v) is 11.0. The second-order valence-corrected chi connectivity index (χ2v) is 9.60. The van der Waals surface area contributed by atoms with E-state index in [-0.39, 0.29) is 5.54 Å². The molecule has 1 atom stereocenters. The third-order valence-corrected chi connectivity index (χ3v) is 7.72. The second kappa shape index (κ2) is 5.29. The highest BCUT2D eigenvalue weighted by Crippen LogP contribution is 2.58. The van der Waals surface area contributed by atoms with Crippen LogP contribution < -0.4 is 4.57 Å². The number of hydrogen-bond acceptors (Lipinski definition) is 0. The van der Waals surface area contributed by atoms with Crippen LogP contribution in [-0.2, 0) is 12.0 Å². The summed E-state index contributed by atoms with van der Waals surface area (Å²) in [4.78, 5) is 0. The largest absolute Gasteiger partial charge is 0.194 e. The Labute approximate surface area is 177 Å². The summed E-state index contributed by atoms with van der Waals surface area (Å²) in [6.45, 7) is 7.03. The van der Waals surface area contributed by atoms with Gasteiger partial charge in [-0.25, -0.2) is 0 Å². The molecule has 0 spiro atoms. The summed E-state index contributed by atoms with van der Waals surface area (Å²) in [5, 5.41) is 0. The summed E-state index contributed by atoms with van der Waals surface area (Å²) in [7, 11) is 0. The van der Waals surface area contributed by atoms with E-state index < -0.39 is 0 Å². The van der Waals surface area contributed by atoms with E-state index in [1.165, 1.54) is 55.8 Å². The molecule has 30 heavy (non-hydrogen) atoms. The zero-order chi connectivity index (χ0) is 20.2. The third-order valence-electron chi connectivity index (χ3n) is 7.72. The fourth-order valence-electron chi connectivity index (χ4n) is 6.62. The van der Waals surface area contributed by atoms with Crippen molar-refractivity contribution in [3.8, 4) is 22.3 Å². The van der Waals surface area contributed by atoms with E-state index in [1.807, 2.05) is 0 Å². The molecule has 0 saturated carbocycles. The van der Waals surface area contributed by atoms with Crippen LogP contribution in [0.4, 0.5) is 0 Å². The molecule has 1 unspecified atom stereocenters. The van der Waals surface area contributed by atoms with Crippen molar-refractivity contribution >= 4 is 0 Å². The Morgan fingerprint density at radius 3 is 2.43 bits per heavy atom. The van der Waals surface area contributed by atoms with E-state index in [4.69, 9.17) is 0 Å². The minimum atomic E-state index is -0.0638. The van der Waals surface area contributed by atoms with Crippen molar-refractivity contribution in [3.05, 3.63) is 112 Å². The van der Waals surface area contributed by atoms with Crippen LogP contribution in [0.25, 0.3) is 22.3 Å². The Morgan fingerprint density at radius 1 is 0.767 bits per heavy atom. The van der Waals surface area contributed by atoms with Gasteiger partial charge in [-0.1, -0.05) is 54.6 Å². The normalized spacial score (nSPS) is 18.3. The fraction of sp³-hybridized carbons (Fsp3) is 0.207. The molecule has 2 heterocycles. The summed E-state index contributed by atoms with van der Waals surface area (Å²) in [6, 6.07) is 25.2. The standard InChI is InChI=1S/C29H24N/c1-17-11-13-22-21-14-12-19-16-18-8-4-5-9-20(18)24(19)25(21)27-23-10-6-7-15-30(23)29(2,3)28(17)26(22)27/h4-15,27H,16H2,1-3H3/q+1. The maximum Gasteiger partial charge on any atom is 0.194 e. The lowest BCUT2D eigenvalue weighted by atomic mass is 9.75. The minimum Gasteiger partial charge on any atom is -0.192 e. The van der Waals surface area contributed by atoms with Crippen molar-refractivity contribution in [2.75, 3.05) is 0 Å². The van der Waals surface area contributed by atoms with Gasteiger partial charge in [0.05, 0.1) is 5.92 Å². The van der Waals surface area contributed by atoms with Crippen molar-refractivity contribution in [2.24, 2.45) is 0 Å². The number of aryl methyl sites for hydroxylation is 1. The van der Waals surface area contributed by atoms with E-state index >= 15 is 0 Å². The Morgan fingerprint density at radius 2 is 1.53 bits per heavy atom. The Bertz CT molecular complexity index is 1410. The van der Waals surface area contributed by atoms with Gasteiger partial charge in [-0.05, 0) is 63.4 Å². The average Bonchev–Trinajstić information content (AvgIpc) is 3.28. The highest BCUT2D eigenvalue weighted by atomic mass is 15.1. The van der Waals surface area contributed by atoms with Crippen molar-refractivity contribution < 1.29 is 4.57 Å². The molecule has 0 N–H and O–H groups in total.